The average molecular weight is 385 g/mol. The van der Waals surface area contributed by atoms with Crippen molar-refractivity contribution in [1.82, 2.24) is 24.8 Å². The first-order valence-corrected chi connectivity index (χ1v) is 9.70. The van der Waals surface area contributed by atoms with Crippen LogP contribution in [0.3, 0.4) is 0 Å². The number of carbonyl (C=O) groups excluding carboxylic acids is 1. The van der Waals surface area contributed by atoms with E-state index in [1.807, 2.05) is 50.2 Å². The van der Waals surface area contributed by atoms with E-state index in [-0.39, 0.29) is 5.78 Å². The summed E-state index contributed by atoms with van der Waals surface area (Å²) in [5.74, 6) is 0.370. The number of tetrazole rings is 1. The van der Waals surface area contributed by atoms with E-state index in [1.54, 1.807) is 11.8 Å². The van der Waals surface area contributed by atoms with E-state index >= 15 is 0 Å². The topological polar surface area (TPSA) is 74.8 Å². The van der Waals surface area contributed by atoms with Gasteiger partial charge in [0.2, 0.25) is 5.16 Å². The molecule has 0 radical (unpaired) electrons. The number of aryl methyl sites for hydroxylation is 1. The van der Waals surface area contributed by atoms with Crippen molar-refractivity contribution < 1.29 is 9.53 Å². The molecular weight excluding hydrogens is 362 g/mol. The lowest BCUT2D eigenvalue weighted by molar-refractivity contribution is 0.102. The number of hydrogen-bond acceptors (Lipinski definition) is 6. The van der Waals surface area contributed by atoms with Gasteiger partial charge in [0.1, 0.15) is 0 Å². The number of methoxy groups -OCH3 is 1. The minimum atomic E-state index is 0.0750. The fourth-order valence-corrected chi connectivity index (χ4v) is 3.73. The van der Waals surface area contributed by atoms with Crippen LogP contribution in [0, 0.1) is 13.8 Å². The fourth-order valence-electron chi connectivity index (χ4n) is 2.97. The van der Waals surface area contributed by atoms with Gasteiger partial charge in [-0.2, -0.15) is 0 Å². The predicted octanol–water partition coefficient (Wildman–Crippen LogP) is 2.76. The molecule has 0 aliphatic carbocycles. The first kappa shape index (κ1) is 19.3. The van der Waals surface area contributed by atoms with E-state index in [4.69, 9.17) is 4.74 Å². The smallest absolute Gasteiger partial charge is 0.210 e. The van der Waals surface area contributed by atoms with E-state index in [0.29, 0.717) is 24.1 Å². The molecule has 7 nitrogen and oxygen atoms in total. The highest BCUT2D eigenvalue weighted by atomic mass is 32.2. The van der Waals surface area contributed by atoms with Crippen LogP contribution in [-0.4, -0.2) is 50.0 Å². The number of ether oxygens (including phenoxy) is 1. The number of carbonyl (C=O) groups is 1. The van der Waals surface area contributed by atoms with Crippen LogP contribution >= 0.6 is 11.8 Å². The van der Waals surface area contributed by atoms with Gasteiger partial charge in [-0.05, 0) is 35.9 Å². The fraction of sp³-hybridized carbons (Fsp3) is 0.368. The maximum atomic E-state index is 12.7. The summed E-state index contributed by atoms with van der Waals surface area (Å²) in [5, 5.41) is 12.5. The molecule has 8 heteroatoms. The van der Waals surface area contributed by atoms with Gasteiger partial charge in [0, 0.05) is 30.6 Å². The number of aromatic nitrogens is 5. The zero-order valence-corrected chi connectivity index (χ0v) is 16.6. The molecule has 3 aromatic rings. The van der Waals surface area contributed by atoms with Crippen molar-refractivity contribution in [2.24, 2.45) is 0 Å². The highest BCUT2D eigenvalue weighted by Crippen LogP contribution is 2.21. The highest BCUT2D eigenvalue weighted by molar-refractivity contribution is 7.99. The van der Waals surface area contributed by atoms with Gasteiger partial charge in [0.25, 0.3) is 0 Å². The quantitative estimate of drug-likeness (QED) is 0.416. The molecule has 0 fully saturated rings. The summed E-state index contributed by atoms with van der Waals surface area (Å²) in [5.41, 5.74) is 3.89. The molecule has 0 aliphatic rings. The zero-order chi connectivity index (χ0) is 19.2. The normalized spacial score (nSPS) is 11.1. The number of nitrogens with zero attached hydrogens (tertiary/aromatic N) is 5. The molecule has 0 aliphatic heterocycles. The SMILES string of the molecule is COCCn1c(C)cc(C(=O)CSc2nnnn2Cc2ccccc2)c1C. The van der Waals surface area contributed by atoms with Crippen molar-refractivity contribution in [2.45, 2.75) is 32.1 Å². The monoisotopic (exact) mass is 385 g/mol. The summed E-state index contributed by atoms with van der Waals surface area (Å²) >= 11 is 1.36. The van der Waals surface area contributed by atoms with Crippen molar-refractivity contribution in [3.8, 4) is 0 Å². The van der Waals surface area contributed by atoms with Crippen LogP contribution < -0.4 is 0 Å². The number of ketones is 1. The Morgan fingerprint density at radius 2 is 2.00 bits per heavy atom. The number of Topliss-reactive ketones (excluding diaryl/α,β-unsaturated/α-hetero) is 1. The Bertz CT molecular complexity index is 904. The second kappa shape index (κ2) is 8.96. The second-order valence-corrected chi connectivity index (χ2v) is 7.19. The molecule has 0 N–H and O–H groups in total. The molecular formula is C19H23N5O2S. The Kier molecular flexibility index (Phi) is 6.41. The van der Waals surface area contributed by atoms with E-state index in [1.165, 1.54) is 11.8 Å². The Morgan fingerprint density at radius 3 is 2.74 bits per heavy atom. The third-order valence-corrected chi connectivity index (χ3v) is 5.36. The summed E-state index contributed by atoms with van der Waals surface area (Å²) in [6, 6.07) is 11.9. The van der Waals surface area contributed by atoms with Crippen molar-refractivity contribution in [3.05, 3.63) is 58.9 Å². The summed E-state index contributed by atoms with van der Waals surface area (Å²) < 4.78 is 8.98. The van der Waals surface area contributed by atoms with E-state index in [9.17, 15) is 4.79 Å². The minimum Gasteiger partial charge on any atom is -0.383 e. The van der Waals surface area contributed by atoms with Crippen LogP contribution in [0.2, 0.25) is 0 Å². The highest BCUT2D eigenvalue weighted by Gasteiger charge is 2.17. The van der Waals surface area contributed by atoms with E-state index in [0.717, 1.165) is 29.1 Å². The number of rotatable bonds is 9. The molecule has 0 unspecified atom stereocenters. The van der Waals surface area contributed by atoms with Crippen molar-refractivity contribution in [1.29, 1.82) is 0 Å². The molecule has 0 bridgehead atoms. The Balaban J connectivity index is 1.66. The number of thioether (sulfide) groups is 1. The van der Waals surface area contributed by atoms with Crippen LogP contribution in [0.25, 0.3) is 0 Å². The van der Waals surface area contributed by atoms with Crippen molar-refractivity contribution in [3.63, 3.8) is 0 Å². The number of benzene rings is 1. The van der Waals surface area contributed by atoms with Crippen LogP contribution in [0.5, 0.6) is 0 Å². The number of hydrogen-bond donors (Lipinski definition) is 0. The summed E-state index contributed by atoms with van der Waals surface area (Å²) in [4.78, 5) is 12.7. The molecule has 2 heterocycles. The molecule has 3 rings (SSSR count). The lowest BCUT2D eigenvalue weighted by Crippen LogP contribution is -2.10. The first-order valence-electron chi connectivity index (χ1n) is 8.72. The lowest BCUT2D eigenvalue weighted by Gasteiger charge is -2.08. The molecule has 0 saturated carbocycles. The molecule has 0 atom stereocenters. The Labute approximate surface area is 162 Å². The molecule has 1 aromatic carbocycles. The van der Waals surface area contributed by atoms with Crippen LogP contribution in [0.4, 0.5) is 0 Å². The van der Waals surface area contributed by atoms with Gasteiger partial charge >= 0.3 is 0 Å². The lowest BCUT2D eigenvalue weighted by atomic mass is 10.2. The largest absolute Gasteiger partial charge is 0.383 e. The third-order valence-electron chi connectivity index (χ3n) is 4.40. The molecule has 0 amide bonds. The van der Waals surface area contributed by atoms with E-state index in [2.05, 4.69) is 20.1 Å². The van der Waals surface area contributed by atoms with Crippen LogP contribution in [-0.2, 0) is 17.8 Å². The van der Waals surface area contributed by atoms with E-state index < -0.39 is 0 Å². The van der Waals surface area contributed by atoms with Gasteiger partial charge < -0.3 is 9.30 Å². The van der Waals surface area contributed by atoms with Gasteiger partial charge in [-0.3, -0.25) is 4.79 Å². The first-order chi connectivity index (χ1) is 13.1. The summed E-state index contributed by atoms with van der Waals surface area (Å²) in [6.45, 7) is 5.92. The van der Waals surface area contributed by atoms with Gasteiger partial charge in [0.05, 0.1) is 18.9 Å². The molecule has 0 saturated heterocycles. The van der Waals surface area contributed by atoms with Gasteiger partial charge in [-0.1, -0.05) is 42.1 Å². The summed E-state index contributed by atoms with van der Waals surface area (Å²) in [7, 11) is 1.68. The molecule has 142 valence electrons. The minimum absolute atomic E-state index is 0.0750. The zero-order valence-electron chi connectivity index (χ0n) is 15.8. The maximum absolute atomic E-state index is 12.7. The van der Waals surface area contributed by atoms with Gasteiger partial charge in [-0.25, -0.2) is 4.68 Å². The Morgan fingerprint density at radius 1 is 1.22 bits per heavy atom. The van der Waals surface area contributed by atoms with Crippen LogP contribution in [0.15, 0.2) is 41.6 Å². The van der Waals surface area contributed by atoms with Gasteiger partial charge in [-0.15, -0.1) is 5.10 Å². The predicted molar refractivity (Wildman–Crippen MR) is 104 cm³/mol. The molecule has 0 spiro atoms. The average Bonchev–Trinajstić information content (AvgIpc) is 3.23. The second-order valence-electron chi connectivity index (χ2n) is 6.25. The van der Waals surface area contributed by atoms with Crippen molar-refractivity contribution in [2.75, 3.05) is 19.5 Å². The van der Waals surface area contributed by atoms with Crippen molar-refractivity contribution >= 4 is 17.5 Å². The van der Waals surface area contributed by atoms with Gasteiger partial charge in [0.15, 0.2) is 5.78 Å². The third kappa shape index (κ3) is 4.64. The Hall–Kier alpha value is -2.45. The molecule has 2 aromatic heterocycles. The maximum Gasteiger partial charge on any atom is 0.210 e. The molecule has 27 heavy (non-hydrogen) atoms. The standard InChI is InChI=1S/C19H23N5O2S/c1-14-11-17(15(2)23(14)9-10-26-3)18(25)13-27-19-20-21-22-24(19)12-16-7-5-4-6-8-16/h4-8,11H,9-10,12-13H2,1-3H3. The van der Waals surface area contributed by atoms with Crippen LogP contribution in [0.1, 0.15) is 27.3 Å². The summed E-state index contributed by atoms with van der Waals surface area (Å²) in [6.07, 6.45) is 0.